The van der Waals surface area contributed by atoms with E-state index in [-0.39, 0.29) is 19.6 Å². The summed E-state index contributed by atoms with van der Waals surface area (Å²) in [5.74, 6) is -2.70. The van der Waals surface area contributed by atoms with Crippen molar-refractivity contribution in [2.75, 3.05) is 26.3 Å². The number of amides is 1. The second-order valence-electron chi connectivity index (χ2n) is 5.79. The van der Waals surface area contributed by atoms with Crippen molar-refractivity contribution >= 4 is 5.91 Å². The number of hydrogen-bond donors (Lipinski definition) is 1. The first-order valence-electron chi connectivity index (χ1n) is 7.32. The largest absolute Gasteiger partial charge is 0.486 e. The van der Waals surface area contributed by atoms with Crippen molar-refractivity contribution in [2.45, 2.75) is 12.7 Å². The molecule has 0 radical (unpaired) electrons. The van der Waals surface area contributed by atoms with Crippen molar-refractivity contribution < 1.29 is 27.4 Å². The Balaban J connectivity index is 1.78. The second kappa shape index (κ2) is 5.92. The smallest absolute Gasteiger partial charge is 0.393 e. The zero-order valence-electron chi connectivity index (χ0n) is 12.3. The third-order valence-electron chi connectivity index (χ3n) is 4.22. The van der Waals surface area contributed by atoms with Crippen LogP contribution in [0.4, 0.5) is 13.2 Å². The van der Waals surface area contributed by atoms with E-state index in [2.05, 4.69) is 0 Å². The number of nitrogens with zero attached hydrogens (tertiary/aromatic N) is 1. The molecule has 1 saturated heterocycles. The summed E-state index contributed by atoms with van der Waals surface area (Å²) in [7, 11) is 0. The molecule has 8 heteroatoms. The zero-order valence-corrected chi connectivity index (χ0v) is 12.3. The van der Waals surface area contributed by atoms with Gasteiger partial charge in [-0.2, -0.15) is 13.2 Å². The van der Waals surface area contributed by atoms with Crippen molar-refractivity contribution in [2.24, 2.45) is 17.6 Å². The third-order valence-corrected chi connectivity index (χ3v) is 4.22. The number of fused-ring (bicyclic) bond motifs is 1. The first-order chi connectivity index (χ1) is 10.9. The maximum absolute atomic E-state index is 13.1. The van der Waals surface area contributed by atoms with Gasteiger partial charge < -0.3 is 15.2 Å². The van der Waals surface area contributed by atoms with Crippen molar-refractivity contribution in [1.82, 2.24) is 4.90 Å². The number of hydrogen-bond acceptors (Lipinski definition) is 4. The lowest BCUT2D eigenvalue weighted by Crippen LogP contribution is -2.37. The van der Waals surface area contributed by atoms with Crippen LogP contribution in [0.15, 0.2) is 18.2 Å². The predicted octanol–water partition coefficient (Wildman–Crippen LogP) is 1.55. The highest BCUT2D eigenvalue weighted by Crippen LogP contribution is 2.40. The molecular formula is C15H17F3N2O3. The van der Waals surface area contributed by atoms with Crippen LogP contribution >= 0.6 is 0 Å². The van der Waals surface area contributed by atoms with Crippen molar-refractivity contribution in [3.8, 4) is 11.5 Å². The second-order valence-corrected chi connectivity index (χ2v) is 5.79. The van der Waals surface area contributed by atoms with Gasteiger partial charge in [0.25, 0.3) is 0 Å². The fraction of sp³-hybridized carbons (Fsp3) is 0.533. The van der Waals surface area contributed by atoms with Crippen LogP contribution in [0.1, 0.15) is 5.56 Å². The van der Waals surface area contributed by atoms with Crippen LogP contribution in [-0.2, 0) is 11.3 Å². The Labute approximate surface area is 131 Å². The molecule has 126 valence electrons. The van der Waals surface area contributed by atoms with Crippen LogP contribution in [-0.4, -0.2) is 43.3 Å². The summed E-state index contributed by atoms with van der Waals surface area (Å²) in [4.78, 5) is 12.9. The van der Waals surface area contributed by atoms with Gasteiger partial charge in [-0.25, -0.2) is 0 Å². The van der Waals surface area contributed by atoms with Gasteiger partial charge in [-0.1, -0.05) is 12.1 Å². The van der Waals surface area contributed by atoms with E-state index < -0.39 is 23.9 Å². The number of alkyl halides is 3. The lowest BCUT2D eigenvalue weighted by Gasteiger charge is -2.23. The van der Waals surface area contributed by atoms with Crippen LogP contribution in [0.5, 0.6) is 11.5 Å². The van der Waals surface area contributed by atoms with E-state index in [0.717, 1.165) is 5.56 Å². The summed E-state index contributed by atoms with van der Waals surface area (Å²) in [5, 5.41) is 0. The number of nitrogens with two attached hydrogens (primary N) is 1. The Bertz CT molecular complexity index is 606. The van der Waals surface area contributed by atoms with Gasteiger partial charge in [-0.05, 0) is 6.07 Å². The molecule has 3 rings (SSSR count). The fourth-order valence-corrected chi connectivity index (χ4v) is 3.13. The topological polar surface area (TPSA) is 64.8 Å². The Morgan fingerprint density at radius 3 is 2.65 bits per heavy atom. The Morgan fingerprint density at radius 2 is 2.00 bits per heavy atom. The Hall–Kier alpha value is -1.96. The molecule has 2 heterocycles. The summed E-state index contributed by atoms with van der Waals surface area (Å²) in [5.41, 5.74) is 5.88. The average molecular weight is 330 g/mol. The summed E-state index contributed by atoms with van der Waals surface area (Å²) in [6.07, 6.45) is -4.44. The van der Waals surface area contributed by atoms with Gasteiger partial charge in [0.2, 0.25) is 5.91 Å². The Kier molecular flexibility index (Phi) is 4.09. The van der Waals surface area contributed by atoms with E-state index in [0.29, 0.717) is 24.7 Å². The highest BCUT2D eigenvalue weighted by atomic mass is 19.4. The molecule has 1 aromatic rings. The van der Waals surface area contributed by atoms with E-state index in [1.54, 1.807) is 23.1 Å². The normalized spacial score (nSPS) is 24.7. The van der Waals surface area contributed by atoms with Gasteiger partial charge >= 0.3 is 6.18 Å². The highest BCUT2D eigenvalue weighted by Gasteiger charge is 2.51. The monoisotopic (exact) mass is 330 g/mol. The van der Waals surface area contributed by atoms with E-state index >= 15 is 0 Å². The van der Waals surface area contributed by atoms with Crippen LogP contribution in [0, 0.1) is 11.8 Å². The van der Waals surface area contributed by atoms with Gasteiger partial charge in [0.15, 0.2) is 11.5 Å². The van der Waals surface area contributed by atoms with E-state index in [4.69, 9.17) is 15.2 Å². The number of likely N-dealkylation sites (tertiary alicyclic amines) is 1. The molecule has 5 nitrogen and oxygen atoms in total. The third kappa shape index (κ3) is 3.21. The number of halogens is 3. The molecular weight excluding hydrogens is 313 g/mol. The number of ether oxygens (including phenoxy) is 2. The van der Waals surface area contributed by atoms with Gasteiger partial charge in [0, 0.05) is 25.2 Å². The molecule has 0 saturated carbocycles. The quantitative estimate of drug-likeness (QED) is 0.913. The molecule has 2 aliphatic rings. The lowest BCUT2D eigenvalue weighted by molar-refractivity contribution is -0.182. The van der Waals surface area contributed by atoms with Crippen molar-refractivity contribution in [3.63, 3.8) is 0 Å². The molecule has 0 aliphatic carbocycles. The molecule has 2 N–H and O–H groups in total. The average Bonchev–Trinajstić information content (AvgIpc) is 2.92. The molecule has 2 aliphatic heterocycles. The molecule has 2 atom stereocenters. The van der Waals surface area contributed by atoms with Crippen molar-refractivity contribution in [3.05, 3.63) is 23.8 Å². The van der Waals surface area contributed by atoms with E-state index in [1.165, 1.54) is 0 Å². The summed E-state index contributed by atoms with van der Waals surface area (Å²) < 4.78 is 50.3. The zero-order chi connectivity index (χ0) is 16.6. The number of primary amides is 1. The molecule has 0 spiro atoms. The molecule has 1 aromatic carbocycles. The lowest BCUT2D eigenvalue weighted by atomic mass is 9.95. The van der Waals surface area contributed by atoms with Gasteiger partial charge in [0.05, 0.1) is 11.8 Å². The first kappa shape index (κ1) is 15.9. The highest BCUT2D eigenvalue weighted by molar-refractivity contribution is 5.77. The van der Waals surface area contributed by atoms with Crippen LogP contribution in [0.3, 0.4) is 0 Å². The van der Waals surface area contributed by atoms with Crippen LogP contribution < -0.4 is 15.2 Å². The minimum Gasteiger partial charge on any atom is -0.486 e. The number of rotatable bonds is 3. The number of para-hydroxylation sites is 1. The predicted molar refractivity (Wildman–Crippen MR) is 74.9 cm³/mol. The van der Waals surface area contributed by atoms with Crippen molar-refractivity contribution in [1.29, 1.82) is 0 Å². The maximum Gasteiger partial charge on any atom is 0.393 e. The van der Waals surface area contributed by atoms with Crippen LogP contribution in [0.2, 0.25) is 0 Å². The van der Waals surface area contributed by atoms with Crippen LogP contribution in [0.25, 0.3) is 0 Å². The first-order valence-corrected chi connectivity index (χ1v) is 7.32. The van der Waals surface area contributed by atoms with E-state index in [9.17, 15) is 18.0 Å². The number of carbonyl (C=O) groups is 1. The minimum atomic E-state index is -4.44. The molecule has 23 heavy (non-hydrogen) atoms. The summed E-state index contributed by atoms with van der Waals surface area (Å²) in [6, 6.07) is 5.31. The summed E-state index contributed by atoms with van der Waals surface area (Å²) in [6.45, 7) is 0.841. The molecule has 1 amide bonds. The SMILES string of the molecule is NC(=O)[C@@H]1CN(Cc2cccc3c2OCCO3)C[C@H]1C(F)(F)F. The Morgan fingerprint density at radius 1 is 1.26 bits per heavy atom. The van der Waals surface area contributed by atoms with Gasteiger partial charge in [-0.3, -0.25) is 9.69 Å². The number of carbonyl (C=O) groups excluding carboxylic acids is 1. The fourth-order valence-electron chi connectivity index (χ4n) is 3.13. The molecule has 1 fully saturated rings. The van der Waals surface area contributed by atoms with Gasteiger partial charge in [-0.15, -0.1) is 0 Å². The molecule has 0 bridgehead atoms. The standard InChI is InChI=1S/C15H17F3N2O3/c16-15(17,18)11-8-20(7-10(11)14(19)21)6-9-2-1-3-12-13(9)23-5-4-22-12/h1-3,10-11H,4-8H2,(H2,19,21)/t10-,11-/m1/s1. The maximum atomic E-state index is 13.1. The van der Waals surface area contributed by atoms with Gasteiger partial charge in [0.1, 0.15) is 13.2 Å². The number of benzene rings is 1. The molecule has 0 aromatic heterocycles. The minimum absolute atomic E-state index is 0.00989. The molecule has 0 unspecified atom stereocenters. The summed E-state index contributed by atoms with van der Waals surface area (Å²) >= 11 is 0. The van der Waals surface area contributed by atoms with E-state index in [1.807, 2.05) is 0 Å².